The predicted molar refractivity (Wildman–Crippen MR) is 32.3 cm³/mol. The molecule has 0 aromatic heterocycles. The van der Waals surface area contributed by atoms with Crippen molar-refractivity contribution < 1.29 is 19.4 Å². The van der Waals surface area contributed by atoms with Crippen LogP contribution in [-0.4, -0.2) is 26.4 Å². The van der Waals surface area contributed by atoms with Crippen molar-refractivity contribution in [2.45, 2.75) is 0 Å². The normalized spacial score (nSPS) is 8.50. The minimum atomic E-state index is -0.828. The average Bonchev–Trinajstić information content (AvgIpc) is 1.89. The molecular formula is C3H6BN2O4. The highest BCUT2D eigenvalue weighted by molar-refractivity contribution is 6.91. The molecule has 0 heterocycles. The number of nitrogens with one attached hydrogen (secondary N) is 2. The van der Waals surface area contributed by atoms with E-state index in [9.17, 15) is 9.59 Å². The number of carbonyl (C=O) groups is 2. The van der Waals surface area contributed by atoms with Crippen molar-refractivity contribution in [3.8, 4) is 0 Å². The van der Waals surface area contributed by atoms with E-state index < -0.39 is 5.87 Å². The maximum absolute atomic E-state index is 10.2. The molecule has 0 spiro atoms. The van der Waals surface area contributed by atoms with Gasteiger partial charge in [0.2, 0.25) is 0 Å². The van der Waals surface area contributed by atoms with Crippen molar-refractivity contribution in [1.29, 1.82) is 0 Å². The van der Waals surface area contributed by atoms with Gasteiger partial charge in [0.1, 0.15) is 0 Å². The summed E-state index contributed by atoms with van der Waals surface area (Å²) < 4.78 is 0. The van der Waals surface area contributed by atoms with Crippen LogP contribution in [0.4, 0.5) is 4.79 Å². The third-order valence-corrected chi connectivity index (χ3v) is 0.490. The zero-order chi connectivity index (χ0) is 7.82. The zero-order valence-electron chi connectivity index (χ0n) is 5.29. The highest BCUT2D eigenvalue weighted by atomic mass is 17.0. The largest absolute Gasteiger partial charge is 0.355 e. The van der Waals surface area contributed by atoms with Crippen molar-refractivity contribution in [2.24, 2.45) is 0 Å². The number of hydrogen-bond acceptors (Lipinski definition) is 6. The van der Waals surface area contributed by atoms with Crippen LogP contribution in [-0.2, 0) is 14.6 Å². The maximum Gasteiger partial charge on any atom is 0.346 e. The fraction of sp³-hybridized carbons (Fsp3) is 0.333. The van der Waals surface area contributed by atoms with Gasteiger partial charge in [0.05, 0.1) is 6.19 Å². The quantitative estimate of drug-likeness (QED) is 0.214. The Morgan fingerprint density at radius 1 is 1.70 bits per heavy atom. The van der Waals surface area contributed by atoms with Gasteiger partial charge in [-0.15, -0.1) is 0 Å². The number of rotatable bonds is 5. The summed E-state index contributed by atoms with van der Waals surface area (Å²) >= 11 is 0. The van der Waals surface area contributed by atoms with Crippen LogP contribution < -0.4 is 11.1 Å². The van der Waals surface area contributed by atoms with Crippen molar-refractivity contribution in [2.75, 3.05) is 7.05 Å². The van der Waals surface area contributed by atoms with Crippen molar-refractivity contribution in [3.05, 3.63) is 0 Å². The SMILES string of the molecule is CNONOC(=O)[B]C=O. The third-order valence-electron chi connectivity index (χ3n) is 0.490. The van der Waals surface area contributed by atoms with Crippen LogP contribution in [0.1, 0.15) is 0 Å². The molecule has 7 heteroatoms. The molecule has 0 aliphatic heterocycles. The second-order valence-electron chi connectivity index (χ2n) is 1.11. The fourth-order valence-corrected chi connectivity index (χ4v) is 0.193. The highest BCUT2D eigenvalue weighted by Crippen LogP contribution is 1.70. The monoisotopic (exact) mass is 145 g/mol. The van der Waals surface area contributed by atoms with Crippen LogP contribution in [0, 0.1) is 0 Å². The molecule has 0 saturated heterocycles. The Morgan fingerprint density at radius 3 is 2.90 bits per heavy atom. The van der Waals surface area contributed by atoms with Gasteiger partial charge in [-0.3, -0.25) is 4.79 Å². The molecule has 6 nitrogen and oxygen atoms in total. The first-order chi connectivity index (χ1) is 4.81. The average molecular weight is 145 g/mol. The highest BCUT2D eigenvalue weighted by Gasteiger charge is 2.02. The molecule has 0 saturated carbocycles. The van der Waals surface area contributed by atoms with Gasteiger partial charge < -0.3 is 9.63 Å². The standard InChI is InChI=1S/C3H6BN2O4/c1-5-10-6-9-3(8)4-2-7/h2,5-6H,1H3. The maximum atomic E-state index is 10.2. The molecule has 0 aliphatic carbocycles. The van der Waals surface area contributed by atoms with Gasteiger partial charge in [-0.25, -0.2) is 0 Å². The second kappa shape index (κ2) is 6.21. The van der Waals surface area contributed by atoms with Gasteiger partial charge in [0.25, 0.3) is 5.87 Å². The Bertz CT molecular complexity index is 119. The number of hydrogen-bond donors (Lipinski definition) is 2. The van der Waals surface area contributed by atoms with Gasteiger partial charge in [-0.05, 0) is 5.64 Å². The smallest absolute Gasteiger partial charge is 0.346 e. The summed E-state index contributed by atoms with van der Waals surface area (Å²) in [6.07, 6.45) is 0.309. The third kappa shape index (κ3) is 5.23. The van der Waals surface area contributed by atoms with Crippen molar-refractivity contribution in [1.82, 2.24) is 11.1 Å². The van der Waals surface area contributed by atoms with Crippen LogP contribution >= 0.6 is 0 Å². The van der Waals surface area contributed by atoms with E-state index in [1.54, 1.807) is 5.64 Å². The summed E-state index contributed by atoms with van der Waals surface area (Å²) in [7, 11) is 2.16. The molecule has 0 unspecified atom stereocenters. The van der Waals surface area contributed by atoms with E-state index in [2.05, 4.69) is 15.3 Å². The van der Waals surface area contributed by atoms with Crippen LogP contribution in [0.5, 0.6) is 0 Å². The number of hydroxylamine groups is 1. The van der Waals surface area contributed by atoms with E-state index in [4.69, 9.17) is 0 Å². The molecule has 0 amide bonds. The Morgan fingerprint density at radius 2 is 2.40 bits per heavy atom. The Balaban J connectivity index is 3.13. The van der Waals surface area contributed by atoms with Crippen LogP contribution in [0.15, 0.2) is 0 Å². The van der Waals surface area contributed by atoms with Crippen LogP contribution in [0.2, 0.25) is 0 Å². The first kappa shape index (κ1) is 9.08. The minimum Gasteiger partial charge on any atom is -0.355 e. The van der Waals surface area contributed by atoms with Gasteiger partial charge in [-0.2, -0.15) is 10.4 Å². The lowest BCUT2D eigenvalue weighted by molar-refractivity contribution is -0.162. The van der Waals surface area contributed by atoms with Crippen LogP contribution in [0.25, 0.3) is 0 Å². The lowest BCUT2D eigenvalue weighted by atomic mass is 9.82. The number of carbonyl (C=O) groups excluding carboxylic acids is 2. The predicted octanol–water partition coefficient (Wildman–Crippen LogP) is -1.41. The lowest BCUT2D eigenvalue weighted by Gasteiger charge is -2.00. The topological polar surface area (TPSA) is 76.7 Å². The van der Waals surface area contributed by atoms with E-state index in [0.29, 0.717) is 13.5 Å². The minimum absolute atomic E-state index is 0.309. The molecule has 0 aromatic rings. The summed E-state index contributed by atoms with van der Waals surface area (Å²) in [6, 6.07) is 0. The second-order valence-corrected chi connectivity index (χ2v) is 1.11. The molecule has 0 rings (SSSR count). The first-order valence-corrected chi connectivity index (χ1v) is 2.38. The van der Waals surface area contributed by atoms with E-state index in [1.165, 1.54) is 7.05 Å². The Labute approximate surface area is 58.0 Å². The van der Waals surface area contributed by atoms with E-state index >= 15 is 0 Å². The van der Waals surface area contributed by atoms with Crippen molar-refractivity contribution in [3.63, 3.8) is 0 Å². The van der Waals surface area contributed by atoms with E-state index in [1.807, 2.05) is 0 Å². The summed E-state index contributed by atoms with van der Waals surface area (Å²) in [6.45, 7) is 0. The molecular weight excluding hydrogens is 139 g/mol. The van der Waals surface area contributed by atoms with Gasteiger partial charge in [-0.1, -0.05) is 0 Å². The first-order valence-electron chi connectivity index (χ1n) is 2.38. The summed E-state index contributed by atoms with van der Waals surface area (Å²) in [4.78, 5) is 28.1. The van der Waals surface area contributed by atoms with Crippen LogP contribution in [0.3, 0.4) is 0 Å². The molecule has 0 atom stereocenters. The molecule has 55 valence electrons. The fourth-order valence-electron chi connectivity index (χ4n) is 0.193. The van der Waals surface area contributed by atoms with Crippen molar-refractivity contribution >= 4 is 19.3 Å². The molecule has 0 aliphatic rings. The van der Waals surface area contributed by atoms with Gasteiger partial charge in [0, 0.05) is 7.05 Å². The molecule has 10 heavy (non-hydrogen) atoms. The molecule has 0 aromatic carbocycles. The molecule has 1 radical (unpaired) electrons. The van der Waals surface area contributed by atoms with Gasteiger partial charge >= 0.3 is 7.28 Å². The summed E-state index contributed by atoms with van der Waals surface area (Å²) in [5, 5.41) is 0. The molecule has 2 N–H and O–H groups in total. The molecule has 0 fully saturated rings. The van der Waals surface area contributed by atoms with E-state index in [-0.39, 0.29) is 0 Å². The Hall–Kier alpha value is -0.915. The Kier molecular flexibility index (Phi) is 5.64. The summed E-state index contributed by atoms with van der Waals surface area (Å²) in [5.74, 6) is -0.828. The zero-order valence-corrected chi connectivity index (χ0v) is 5.29. The lowest BCUT2D eigenvalue weighted by Crippen LogP contribution is -2.28. The van der Waals surface area contributed by atoms with E-state index in [0.717, 1.165) is 0 Å². The summed E-state index contributed by atoms with van der Waals surface area (Å²) in [5.41, 5.74) is 3.94. The molecule has 0 bridgehead atoms. The van der Waals surface area contributed by atoms with Gasteiger partial charge in [0.15, 0.2) is 0 Å².